The van der Waals surface area contributed by atoms with Crippen LogP contribution in [0.25, 0.3) is 0 Å². The van der Waals surface area contributed by atoms with Crippen molar-refractivity contribution in [3.63, 3.8) is 0 Å². The van der Waals surface area contributed by atoms with Gasteiger partial charge in [-0.2, -0.15) is 4.68 Å². The van der Waals surface area contributed by atoms with Gasteiger partial charge in [0.2, 0.25) is 5.95 Å². The summed E-state index contributed by atoms with van der Waals surface area (Å²) in [5, 5.41) is 18.0. The second-order valence-electron chi connectivity index (χ2n) is 6.67. The molecule has 0 bridgehead atoms. The maximum Gasteiger partial charge on any atom is 0.255 e. The van der Waals surface area contributed by atoms with Gasteiger partial charge in [-0.3, -0.25) is 4.79 Å². The van der Waals surface area contributed by atoms with Gasteiger partial charge in [0.25, 0.3) is 5.91 Å². The number of ether oxygens (including phenoxy) is 2. The van der Waals surface area contributed by atoms with Gasteiger partial charge in [0.05, 0.1) is 19.3 Å². The van der Waals surface area contributed by atoms with E-state index >= 15 is 0 Å². The van der Waals surface area contributed by atoms with Crippen LogP contribution in [-0.2, 0) is 4.79 Å². The molecule has 1 atom stereocenters. The fourth-order valence-corrected chi connectivity index (χ4v) is 3.46. The van der Waals surface area contributed by atoms with Crippen molar-refractivity contribution in [3.8, 4) is 11.5 Å². The first-order chi connectivity index (χ1) is 14.6. The van der Waals surface area contributed by atoms with E-state index in [2.05, 4.69) is 26.2 Å². The molecule has 0 fully saturated rings. The van der Waals surface area contributed by atoms with Crippen LogP contribution in [0.3, 0.4) is 0 Å². The number of fused-ring (bicyclic) bond motifs is 1. The van der Waals surface area contributed by atoms with Crippen molar-refractivity contribution in [2.24, 2.45) is 0 Å². The molecule has 0 radical (unpaired) electrons. The Bertz CT molecular complexity index is 1090. The lowest BCUT2D eigenvalue weighted by Gasteiger charge is -2.29. The Morgan fingerprint density at radius 1 is 1.20 bits per heavy atom. The third-order valence-corrected chi connectivity index (χ3v) is 4.82. The van der Waals surface area contributed by atoms with Crippen LogP contribution in [0.4, 0.5) is 11.6 Å². The number of hydrogen-bond acceptors (Lipinski definition) is 7. The lowest BCUT2D eigenvalue weighted by molar-refractivity contribution is -0.113. The van der Waals surface area contributed by atoms with Crippen molar-refractivity contribution in [2.45, 2.75) is 19.9 Å². The van der Waals surface area contributed by atoms with E-state index in [1.165, 1.54) is 0 Å². The highest BCUT2D eigenvalue weighted by molar-refractivity contribution is 6.06. The van der Waals surface area contributed by atoms with Crippen molar-refractivity contribution in [1.82, 2.24) is 20.2 Å². The van der Waals surface area contributed by atoms with Crippen molar-refractivity contribution in [2.75, 3.05) is 24.4 Å². The summed E-state index contributed by atoms with van der Waals surface area (Å²) in [5.41, 5.74) is 2.62. The Balaban J connectivity index is 1.75. The summed E-state index contributed by atoms with van der Waals surface area (Å²) < 4.78 is 12.6. The zero-order valence-electron chi connectivity index (χ0n) is 16.9. The Morgan fingerprint density at radius 2 is 1.97 bits per heavy atom. The molecule has 2 heterocycles. The minimum Gasteiger partial charge on any atom is -0.497 e. The second kappa shape index (κ2) is 8.24. The highest BCUT2D eigenvalue weighted by Crippen LogP contribution is 2.38. The average Bonchev–Trinajstić information content (AvgIpc) is 3.22. The lowest BCUT2D eigenvalue weighted by Crippen LogP contribution is -2.31. The van der Waals surface area contributed by atoms with Crippen molar-refractivity contribution in [3.05, 3.63) is 65.4 Å². The van der Waals surface area contributed by atoms with E-state index in [4.69, 9.17) is 9.47 Å². The highest BCUT2D eigenvalue weighted by Gasteiger charge is 2.35. The smallest absolute Gasteiger partial charge is 0.255 e. The predicted octanol–water partition coefficient (Wildman–Crippen LogP) is 3.01. The fraction of sp³-hybridized carbons (Fsp3) is 0.238. The summed E-state index contributed by atoms with van der Waals surface area (Å²) in [6, 6.07) is 14.2. The number of nitrogens with one attached hydrogen (secondary N) is 2. The van der Waals surface area contributed by atoms with E-state index < -0.39 is 6.04 Å². The van der Waals surface area contributed by atoms with Crippen LogP contribution in [0.2, 0.25) is 0 Å². The van der Waals surface area contributed by atoms with E-state index in [-0.39, 0.29) is 5.91 Å². The third-order valence-electron chi connectivity index (χ3n) is 4.82. The first-order valence-corrected chi connectivity index (χ1v) is 9.55. The molecule has 1 aromatic heterocycles. The van der Waals surface area contributed by atoms with Gasteiger partial charge in [-0.1, -0.05) is 23.3 Å². The molecule has 30 heavy (non-hydrogen) atoms. The molecule has 9 nitrogen and oxygen atoms in total. The zero-order chi connectivity index (χ0) is 21.1. The number of tetrazole rings is 1. The number of allylic oxidation sites excluding steroid dienone is 1. The third kappa shape index (κ3) is 3.57. The predicted molar refractivity (Wildman–Crippen MR) is 112 cm³/mol. The molecule has 0 saturated carbocycles. The molecule has 3 aromatic rings. The number of nitrogens with zero attached hydrogens (tertiary/aromatic N) is 4. The molecule has 9 heteroatoms. The fourth-order valence-electron chi connectivity index (χ4n) is 3.46. The quantitative estimate of drug-likeness (QED) is 0.649. The summed E-state index contributed by atoms with van der Waals surface area (Å²) in [6.45, 7) is 4.25. The minimum atomic E-state index is -0.544. The molecule has 4 rings (SSSR count). The molecule has 1 aliphatic heterocycles. The van der Waals surface area contributed by atoms with Crippen LogP contribution in [0.15, 0.2) is 59.8 Å². The molecular weight excluding hydrogens is 384 g/mol. The summed E-state index contributed by atoms with van der Waals surface area (Å²) in [4.78, 5) is 13.4. The number of amides is 1. The molecule has 154 valence electrons. The number of benzene rings is 2. The molecule has 0 spiro atoms. The van der Waals surface area contributed by atoms with Gasteiger partial charge in [0, 0.05) is 16.9 Å². The van der Waals surface area contributed by atoms with Gasteiger partial charge in [-0.15, -0.1) is 0 Å². The Labute approximate surface area is 173 Å². The highest BCUT2D eigenvalue weighted by atomic mass is 16.5. The molecule has 0 unspecified atom stereocenters. The summed E-state index contributed by atoms with van der Waals surface area (Å²) in [6.07, 6.45) is 0. The number of carbonyl (C=O) groups is 1. The van der Waals surface area contributed by atoms with Crippen molar-refractivity contribution >= 4 is 17.5 Å². The normalized spacial score (nSPS) is 15.2. The van der Waals surface area contributed by atoms with E-state index in [1.807, 2.05) is 38.1 Å². The maximum atomic E-state index is 13.4. The zero-order valence-corrected chi connectivity index (χ0v) is 16.9. The monoisotopic (exact) mass is 406 g/mol. The maximum absolute atomic E-state index is 13.4. The Kier molecular flexibility index (Phi) is 5.34. The number of methoxy groups -OCH3 is 1. The number of aromatic nitrogens is 4. The topological polar surface area (TPSA) is 103 Å². The SMILES string of the molecule is CCOc1ccccc1[C@H]1C(C(=O)Nc2ccc(OC)cc2)=C(C)Nc2nnnn21. The van der Waals surface area contributed by atoms with Crippen LogP contribution < -0.4 is 20.1 Å². The number of rotatable bonds is 6. The number of para-hydroxylation sites is 1. The Hall–Kier alpha value is -3.88. The van der Waals surface area contributed by atoms with Crippen LogP contribution in [0.5, 0.6) is 11.5 Å². The van der Waals surface area contributed by atoms with E-state index in [0.717, 1.165) is 5.56 Å². The van der Waals surface area contributed by atoms with E-state index in [1.54, 1.807) is 36.1 Å². The number of hydrogen-bond donors (Lipinski definition) is 2. The van der Waals surface area contributed by atoms with Crippen LogP contribution in [0.1, 0.15) is 25.5 Å². The molecule has 1 amide bonds. The van der Waals surface area contributed by atoms with Gasteiger partial charge in [-0.05, 0) is 54.6 Å². The van der Waals surface area contributed by atoms with Crippen LogP contribution in [-0.4, -0.2) is 39.8 Å². The first-order valence-electron chi connectivity index (χ1n) is 9.55. The summed E-state index contributed by atoms with van der Waals surface area (Å²) >= 11 is 0. The molecule has 0 saturated heterocycles. The molecular formula is C21H22N6O3. The second-order valence-corrected chi connectivity index (χ2v) is 6.67. The molecule has 1 aliphatic rings. The average molecular weight is 406 g/mol. The number of carbonyl (C=O) groups excluding carboxylic acids is 1. The van der Waals surface area contributed by atoms with Crippen LogP contribution >= 0.6 is 0 Å². The number of anilines is 2. The Morgan fingerprint density at radius 3 is 2.70 bits per heavy atom. The van der Waals surface area contributed by atoms with Crippen molar-refractivity contribution in [1.29, 1.82) is 0 Å². The largest absolute Gasteiger partial charge is 0.497 e. The molecule has 2 N–H and O–H groups in total. The van der Waals surface area contributed by atoms with Gasteiger partial charge >= 0.3 is 0 Å². The van der Waals surface area contributed by atoms with Crippen molar-refractivity contribution < 1.29 is 14.3 Å². The minimum absolute atomic E-state index is 0.261. The summed E-state index contributed by atoms with van der Waals surface area (Å²) in [5.74, 6) is 1.59. The van der Waals surface area contributed by atoms with Gasteiger partial charge < -0.3 is 20.1 Å². The van der Waals surface area contributed by atoms with Gasteiger partial charge in [0.1, 0.15) is 17.5 Å². The first kappa shape index (κ1) is 19.4. The van der Waals surface area contributed by atoms with E-state index in [0.29, 0.717) is 41.0 Å². The standard InChI is InChI=1S/C21H22N6O3/c1-4-30-17-8-6-5-7-16(17)19-18(13(2)22-21-24-25-26-27(19)21)20(28)23-14-9-11-15(29-3)12-10-14/h5-12,19H,4H2,1-3H3,(H,23,28)(H,22,24,26)/t19-/m0/s1. The molecule has 0 aliphatic carbocycles. The lowest BCUT2D eigenvalue weighted by atomic mass is 9.94. The van der Waals surface area contributed by atoms with Gasteiger partial charge in [-0.25, -0.2) is 0 Å². The van der Waals surface area contributed by atoms with Gasteiger partial charge in [0.15, 0.2) is 0 Å². The van der Waals surface area contributed by atoms with E-state index in [9.17, 15) is 4.79 Å². The van der Waals surface area contributed by atoms with Crippen LogP contribution in [0, 0.1) is 0 Å². The molecule has 2 aromatic carbocycles. The summed E-state index contributed by atoms with van der Waals surface area (Å²) in [7, 11) is 1.60.